The number of aliphatic hydroxyl groups is 1. The second-order valence-electron chi connectivity index (χ2n) is 5.70. The summed E-state index contributed by atoms with van der Waals surface area (Å²) in [6.45, 7) is 1.34. The van der Waals surface area contributed by atoms with Crippen LogP contribution in [-0.4, -0.2) is 34.2 Å². The van der Waals surface area contributed by atoms with Crippen LogP contribution in [0, 0.1) is 0 Å². The molecule has 3 N–H and O–H groups in total. The van der Waals surface area contributed by atoms with E-state index >= 15 is 0 Å². The van der Waals surface area contributed by atoms with E-state index in [4.69, 9.17) is 5.11 Å². The zero-order chi connectivity index (χ0) is 17.5. The van der Waals surface area contributed by atoms with Crippen molar-refractivity contribution in [3.05, 3.63) is 71.8 Å². The minimum absolute atomic E-state index is 0.102. The molecule has 2 atom stereocenters. The molecule has 2 aromatic carbocycles. The Hall–Kier alpha value is -2.66. The highest BCUT2D eigenvalue weighted by Gasteiger charge is 2.26. The standard InChI is InChI=1S/C19H21NO4/c1-13(21)18(19(23)24)20-17(22)12-16(14-8-4-2-5-9-14)15-10-6-3-7-11-15/h2-11,13,16,18,21H,12H2,1H3,(H,20,22)(H,23,24). The van der Waals surface area contributed by atoms with Gasteiger partial charge in [-0.3, -0.25) is 4.79 Å². The molecule has 0 saturated carbocycles. The molecule has 0 spiro atoms. The Kier molecular flexibility index (Phi) is 6.09. The largest absolute Gasteiger partial charge is 0.480 e. The number of nitrogens with one attached hydrogen (secondary N) is 1. The summed E-state index contributed by atoms with van der Waals surface area (Å²) in [5.41, 5.74) is 1.95. The highest BCUT2D eigenvalue weighted by atomic mass is 16.4. The van der Waals surface area contributed by atoms with Gasteiger partial charge in [0.15, 0.2) is 6.04 Å². The molecular formula is C19H21NO4. The van der Waals surface area contributed by atoms with E-state index in [1.807, 2.05) is 60.7 Å². The quantitative estimate of drug-likeness (QED) is 0.727. The Morgan fingerprint density at radius 3 is 1.79 bits per heavy atom. The Morgan fingerprint density at radius 1 is 0.958 bits per heavy atom. The second kappa shape index (κ2) is 8.26. The van der Waals surface area contributed by atoms with Crippen LogP contribution in [0.3, 0.4) is 0 Å². The van der Waals surface area contributed by atoms with Gasteiger partial charge >= 0.3 is 5.97 Å². The number of amides is 1. The van der Waals surface area contributed by atoms with Crippen LogP contribution in [0.1, 0.15) is 30.4 Å². The lowest BCUT2D eigenvalue weighted by Crippen LogP contribution is -2.47. The van der Waals surface area contributed by atoms with Gasteiger partial charge in [0, 0.05) is 12.3 Å². The minimum Gasteiger partial charge on any atom is -0.480 e. The molecule has 5 heteroatoms. The van der Waals surface area contributed by atoms with Gasteiger partial charge in [-0.25, -0.2) is 4.79 Å². The first-order chi connectivity index (χ1) is 11.5. The fourth-order valence-corrected chi connectivity index (χ4v) is 2.61. The molecule has 126 valence electrons. The first kappa shape index (κ1) is 17.7. The van der Waals surface area contributed by atoms with Gasteiger partial charge in [-0.2, -0.15) is 0 Å². The van der Waals surface area contributed by atoms with Crippen molar-refractivity contribution in [3.63, 3.8) is 0 Å². The van der Waals surface area contributed by atoms with Gasteiger partial charge in [-0.05, 0) is 18.1 Å². The summed E-state index contributed by atoms with van der Waals surface area (Å²) >= 11 is 0. The number of aliphatic hydroxyl groups excluding tert-OH is 1. The smallest absolute Gasteiger partial charge is 0.328 e. The number of carbonyl (C=O) groups is 2. The van der Waals surface area contributed by atoms with E-state index in [-0.39, 0.29) is 12.3 Å². The molecule has 0 aliphatic carbocycles. The van der Waals surface area contributed by atoms with E-state index < -0.39 is 24.0 Å². The molecule has 0 heterocycles. The van der Waals surface area contributed by atoms with E-state index in [2.05, 4.69) is 5.32 Å². The van der Waals surface area contributed by atoms with Gasteiger partial charge in [0.2, 0.25) is 5.91 Å². The van der Waals surface area contributed by atoms with Crippen LogP contribution in [0.15, 0.2) is 60.7 Å². The third-order valence-electron chi connectivity index (χ3n) is 3.86. The molecule has 0 bridgehead atoms. The summed E-state index contributed by atoms with van der Waals surface area (Å²) in [7, 11) is 0. The van der Waals surface area contributed by atoms with Gasteiger partial charge < -0.3 is 15.5 Å². The van der Waals surface area contributed by atoms with E-state index in [0.717, 1.165) is 11.1 Å². The average Bonchev–Trinajstić information content (AvgIpc) is 2.58. The van der Waals surface area contributed by atoms with Crippen LogP contribution >= 0.6 is 0 Å². The topological polar surface area (TPSA) is 86.6 Å². The summed E-state index contributed by atoms with van der Waals surface area (Å²) in [6, 6.07) is 17.9. The lowest BCUT2D eigenvalue weighted by molar-refractivity contribution is -0.144. The SMILES string of the molecule is CC(O)C(NC(=O)CC(c1ccccc1)c1ccccc1)C(=O)O. The maximum Gasteiger partial charge on any atom is 0.328 e. The number of benzene rings is 2. The molecule has 2 rings (SSSR count). The van der Waals surface area contributed by atoms with E-state index in [9.17, 15) is 14.7 Å². The molecule has 0 saturated heterocycles. The summed E-state index contributed by atoms with van der Waals surface area (Å²) < 4.78 is 0. The highest BCUT2D eigenvalue weighted by molar-refractivity contribution is 5.84. The number of hydrogen-bond donors (Lipinski definition) is 3. The number of hydrogen-bond acceptors (Lipinski definition) is 3. The second-order valence-corrected chi connectivity index (χ2v) is 5.70. The predicted molar refractivity (Wildman–Crippen MR) is 90.6 cm³/mol. The summed E-state index contributed by atoms with van der Waals surface area (Å²) in [6.07, 6.45) is -1.07. The molecule has 24 heavy (non-hydrogen) atoms. The van der Waals surface area contributed by atoms with Crippen LogP contribution < -0.4 is 5.32 Å². The molecule has 0 aliphatic heterocycles. The zero-order valence-corrected chi connectivity index (χ0v) is 13.4. The number of carboxylic acid groups (broad SMARTS) is 1. The van der Waals surface area contributed by atoms with Crippen molar-refractivity contribution >= 4 is 11.9 Å². The molecule has 0 radical (unpaired) electrons. The normalized spacial score (nSPS) is 13.3. The van der Waals surface area contributed by atoms with Gasteiger partial charge in [-0.15, -0.1) is 0 Å². The van der Waals surface area contributed by atoms with Crippen molar-refractivity contribution in [1.82, 2.24) is 5.32 Å². The lowest BCUT2D eigenvalue weighted by atomic mass is 9.88. The van der Waals surface area contributed by atoms with E-state index in [1.165, 1.54) is 6.92 Å². The monoisotopic (exact) mass is 327 g/mol. The minimum atomic E-state index is -1.32. The van der Waals surface area contributed by atoms with Gasteiger partial charge in [0.1, 0.15) is 0 Å². The molecular weight excluding hydrogens is 306 g/mol. The van der Waals surface area contributed by atoms with Crippen molar-refractivity contribution in [3.8, 4) is 0 Å². The Balaban J connectivity index is 2.20. The molecule has 0 aliphatic rings. The predicted octanol–water partition coefficient (Wildman–Crippen LogP) is 2.16. The first-order valence-corrected chi connectivity index (χ1v) is 7.79. The first-order valence-electron chi connectivity index (χ1n) is 7.79. The average molecular weight is 327 g/mol. The van der Waals surface area contributed by atoms with Crippen LogP contribution in [0.2, 0.25) is 0 Å². The molecule has 0 aromatic heterocycles. The molecule has 1 amide bonds. The summed E-state index contributed by atoms with van der Waals surface area (Å²) in [5, 5.41) is 21.0. The molecule has 2 unspecified atom stereocenters. The lowest BCUT2D eigenvalue weighted by Gasteiger charge is -2.21. The Labute approximate surface area is 141 Å². The van der Waals surface area contributed by atoms with Gasteiger partial charge in [-0.1, -0.05) is 60.7 Å². The third-order valence-corrected chi connectivity index (χ3v) is 3.86. The number of carbonyl (C=O) groups excluding carboxylic acids is 1. The maximum absolute atomic E-state index is 12.3. The van der Waals surface area contributed by atoms with Gasteiger partial charge in [0.25, 0.3) is 0 Å². The van der Waals surface area contributed by atoms with Crippen LogP contribution in [0.5, 0.6) is 0 Å². The number of rotatable bonds is 7. The van der Waals surface area contributed by atoms with Crippen molar-refractivity contribution < 1.29 is 19.8 Å². The summed E-state index contributed by atoms with van der Waals surface area (Å²) in [5.74, 6) is -1.86. The van der Waals surface area contributed by atoms with E-state index in [0.29, 0.717) is 0 Å². The van der Waals surface area contributed by atoms with E-state index in [1.54, 1.807) is 0 Å². The fraction of sp³-hybridized carbons (Fsp3) is 0.263. The van der Waals surface area contributed by atoms with Crippen molar-refractivity contribution in [1.29, 1.82) is 0 Å². The molecule has 5 nitrogen and oxygen atoms in total. The van der Waals surface area contributed by atoms with Crippen LogP contribution in [0.4, 0.5) is 0 Å². The zero-order valence-electron chi connectivity index (χ0n) is 13.4. The van der Waals surface area contributed by atoms with Crippen LogP contribution in [0.25, 0.3) is 0 Å². The summed E-state index contributed by atoms with van der Waals surface area (Å²) in [4.78, 5) is 23.5. The number of aliphatic carboxylic acids is 1. The maximum atomic E-state index is 12.3. The van der Waals surface area contributed by atoms with Crippen molar-refractivity contribution in [2.24, 2.45) is 0 Å². The fourth-order valence-electron chi connectivity index (χ4n) is 2.61. The van der Waals surface area contributed by atoms with Crippen molar-refractivity contribution in [2.45, 2.75) is 31.4 Å². The third kappa shape index (κ3) is 4.67. The van der Waals surface area contributed by atoms with Crippen molar-refractivity contribution in [2.75, 3.05) is 0 Å². The Bertz CT molecular complexity index is 631. The molecule has 0 fully saturated rings. The Morgan fingerprint density at radius 2 is 1.42 bits per heavy atom. The van der Waals surface area contributed by atoms with Gasteiger partial charge in [0.05, 0.1) is 6.10 Å². The highest BCUT2D eigenvalue weighted by Crippen LogP contribution is 2.27. The molecule has 2 aromatic rings. The number of carboxylic acids is 1. The van der Waals surface area contributed by atoms with Crippen LogP contribution in [-0.2, 0) is 9.59 Å².